The van der Waals surface area contributed by atoms with Crippen molar-refractivity contribution in [2.45, 2.75) is 27.2 Å². The number of benzene rings is 1. The highest BCUT2D eigenvalue weighted by molar-refractivity contribution is 5.91. The Balaban J connectivity index is 2.27. The molecule has 0 aliphatic heterocycles. The van der Waals surface area contributed by atoms with E-state index < -0.39 is 0 Å². The molecule has 0 unspecified atom stereocenters. The summed E-state index contributed by atoms with van der Waals surface area (Å²) in [6.07, 6.45) is 0.909. The highest BCUT2D eigenvalue weighted by Gasteiger charge is 2.10. The lowest BCUT2D eigenvalue weighted by Crippen LogP contribution is -2.29. The molecule has 0 saturated heterocycles. The third-order valence-corrected chi connectivity index (χ3v) is 2.93. The average Bonchev–Trinajstić information content (AvgIpc) is 2.76. The molecule has 5 nitrogen and oxygen atoms in total. The number of aromatic nitrogens is 2. The number of para-hydroxylation sites is 2. The molecule has 0 radical (unpaired) electrons. The smallest absolute Gasteiger partial charge is 0.319 e. The molecular weight excluding hydrogens is 252 g/mol. The monoisotopic (exact) mass is 272 g/mol. The Morgan fingerprint density at radius 2 is 2.05 bits per heavy atom. The molecule has 1 heterocycles. The van der Waals surface area contributed by atoms with Crippen molar-refractivity contribution in [3.63, 3.8) is 0 Å². The van der Waals surface area contributed by atoms with E-state index in [1.165, 1.54) is 0 Å². The van der Waals surface area contributed by atoms with Gasteiger partial charge in [-0.25, -0.2) is 9.48 Å². The van der Waals surface area contributed by atoms with Crippen molar-refractivity contribution in [2.75, 3.05) is 11.9 Å². The molecular formula is C15H20N4O. The van der Waals surface area contributed by atoms with Gasteiger partial charge in [0, 0.05) is 12.2 Å². The summed E-state index contributed by atoms with van der Waals surface area (Å²) in [6.45, 7) is 6.62. The zero-order valence-corrected chi connectivity index (χ0v) is 12.1. The molecule has 0 aliphatic rings. The van der Waals surface area contributed by atoms with Crippen LogP contribution in [0.2, 0.25) is 0 Å². The van der Waals surface area contributed by atoms with Gasteiger partial charge in [-0.15, -0.1) is 0 Å². The van der Waals surface area contributed by atoms with E-state index >= 15 is 0 Å². The lowest BCUT2D eigenvalue weighted by atomic mass is 10.2. The second kappa shape index (κ2) is 6.23. The van der Waals surface area contributed by atoms with Gasteiger partial charge < -0.3 is 10.6 Å². The van der Waals surface area contributed by atoms with Gasteiger partial charge in [-0.2, -0.15) is 5.10 Å². The number of aryl methyl sites for hydroxylation is 2. The fourth-order valence-electron chi connectivity index (χ4n) is 2.04. The van der Waals surface area contributed by atoms with Crippen molar-refractivity contribution in [2.24, 2.45) is 0 Å². The fourth-order valence-corrected chi connectivity index (χ4v) is 2.04. The van der Waals surface area contributed by atoms with E-state index in [1.807, 2.05) is 55.8 Å². The molecule has 20 heavy (non-hydrogen) atoms. The molecule has 106 valence electrons. The van der Waals surface area contributed by atoms with Crippen molar-refractivity contribution in [1.29, 1.82) is 0 Å². The standard InChI is InChI=1S/C15H20N4O/c1-4-9-16-15(20)17-13-7-5-6-8-14(13)19-12(3)10-11(2)18-19/h5-8,10H,4,9H2,1-3H3,(H2,16,17,20). The van der Waals surface area contributed by atoms with Crippen LogP contribution in [0.4, 0.5) is 10.5 Å². The zero-order valence-electron chi connectivity index (χ0n) is 12.1. The van der Waals surface area contributed by atoms with E-state index in [2.05, 4.69) is 15.7 Å². The summed E-state index contributed by atoms with van der Waals surface area (Å²) < 4.78 is 1.84. The maximum atomic E-state index is 11.8. The number of carbonyl (C=O) groups excluding carboxylic acids is 1. The number of rotatable bonds is 4. The van der Waals surface area contributed by atoms with Crippen LogP contribution in [0.3, 0.4) is 0 Å². The van der Waals surface area contributed by atoms with Crippen LogP contribution in [0, 0.1) is 13.8 Å². The SMILES string of the molecule is CCCNC(=O)Nc1ccccc1-n1nc(C)cc1C. The number of nitrogens with zero attached hydrogens (tertiary/aromatic N) is 2. The summed E-state index contributed by atoms with van der Waals surface area (Å²) in [5, 5.41) is 10.1. The lowest BCUT2D eigenvalue weighted by molar-refractivity contribution is 0.252. The Labute approximate surface area is 119 Å². The van der Waals surface area contributed by atoms with Crippen molar-refractivity contribution in [3.05, 3.63) is 41.7 Å². The molecule has 0 aliphatic carbocycles. The van der Waals surface area contributed by atoms with Gasteiger partial charge in [0.1, 0.15) is 0 Å². The van der Waals surface area contributed by atoms with Gasteiger partial charge in [0.2, 0.25) is 0 Å². The molecule has 0 atom stereocenters. The Morgan fingerprint density at radius 1 is 1.30 bits per heavy atom. The first-order valence-electron chi connectivity index (χ1n) is 6.79. The predicted molar refractivity (Wildman–Crippen MR) is 80.4 cm³/mol. The molecule has 2 aromatic rings. The average molecular weight is 272 g/mol. The molecule has 0 bridgehead atoms. The van der Waals surface area contributed by atoms with Gasteiger partial charge in [-0.1, -0.05) is 19.1 Å². The van der Waals surface area contributed by atoms with E-state index in [4.69, 9.17) is 0 Å². The zero-order chi connectivity index (χ0) is 14.5. The van der Waals surface area contributed by atoms with E-state index in [-0.39, 0.29) is 6.03 Å². The van der Waals surface area contributed by atoms with E-state index in [9.17, 15) is 4.79 Å². The number of hydrogen-bond donors (Lipinski definition) is 2. The number of anilines is 1. The highest BCUT2D eigenvalue weighted by atomic mass is 16.2. The van der Waals surface area contributed by atoms with Crippen molar-refractivity contribution in [3.8, 4) is 5.69 Å². The second-order valence-corrected chi connectivity index (χ2v) is 4.74. The van der Waals surface area contributed by atoms with E-state index in [0.717, 1.165) is 29.2 Å². The molecule has 1 aromatic heterocycles. The van der Waals surface area contributed by atoms with E-state index in [0.29, 0.717) is 6.54 Å². The molecule has 0 saturated carbocycles. The van der Waals surface area contributed by atoms with Gasteiger partial charge in [-0.05, 0) is 38.5 Å². The summed E-state index contributed by atoms with van der Waals surface area (Å²) in [4.78, 5) is 11.8. The van der Waals surface area contributed by atoms with Crippen LogP contribution in [0.15, 0.2) is 30.3 Å². The van der Waals surface area contributed by atoms with Gasteiger partial charge in [0.05, 0.1) is 17.1 Å². The Bertz CT molecular complexity index is 604. The Morgan fingerprint density at radius 3 is 2.70 bits per heavy atom. The first-order chi connectivity index (χ1) is 9.61. The molecule has 2 amide bonds. The first-order valence-corrected chi connectivity index (χ1v) is 6.79. The maximum absolute atomic E-state index is 11.8. The summed E-state index contributed by atoms with van der Waals surface area (Å²) in [6, 6.07) is 9.45. The summed E-state index contributed by atoms with van der Waals surface area (Å²) in [7, 11) is 0. The lowest BCUT2D eigenvalue weighted by Gasteiger charge is -2.12. The van der Waals surface area contributed by atoms with Crippen LogP contribution in [-0.2, 0) is 0 Å². The number of nitrogens with one attached hydrogen (secondary N) is 2. The van der Waals surface area contributed by atoms with Crippen molar-refractivity contribution >= 4 is 11.7 Å². The summed E-state index contributed by atoms with van der Waals surface area (Å²) in [5.74, 6) is 0. The minimum absolute atomic E-state index is 0.194. The van der Waals surface area contributed by atoms with Gasteiger partial charge in [-0.3, -0.25) is 0 Å². The number of carbonyl (C=O) groups is 1. The first kappa shape index (κ1) is 14.1. The minimum atomic E-state index is -0.194. The van der Waals surface area contributed by atoms with Crippen LogP contribution in [0.1, 0.15) is 24.7 Å². The van der Waals surface area contributed by atoms with E-state index in [1.54, 1.807) is 0 Å². The van der Waals surface area contributed by atoms with Gasteiger partial charge in [0.15, 0.2) is 0 Å². The topological polar surface area (TPSA) is 59.0 Å². The number of urea groups is 1. The van der Waals surface area contributed by atoms with Gasteiger partial charge >= 0.3 is 6.03 Å². The van der Waals surface area contributed by atoms with Crippen molar-refractivity contribution in [1.82, 2.24) is 15.1 Å². The molecule has 2 rings (SSSR count). The predicted octanol–water partition coefficient (Wildman–Crippen LogP) is 3.02. The molecule has 0 spiro atoms. The summed E-state index contributed by atoms with van der Waals surface area (Å²) in [5.41, 5.74) is 3.59. The van der Waals surface area contributed by atoms with Crippen LogP contribution >= 0.6 is 0 Å². The number of hydrogen-bond acceptors (Lipinski definition) is 2. The summed E-state index contributed by atoms with van der Waals surface area (Å²) >= 11 is 0. The molecule has 2 N–H and O–H groups in total. The minimum Gasteiger partial charge on any atom is -0.338 e. The molecule has 0 fully saturated rings. The number of amides is 2. The fraction of sp³-hybridized carbons (Fsp3) is 0.333. The molecule has 1 aromatic carbocycles. The van der Waals surface area contributed by atoms with Crippen LogP contribution in [0.25, 0.3) is 5.69 Å². The third-order valence-electron chi connectivity index (χ3n) is 2.93. The van der Waals surface area contributed by atoms with Gasteiger partial charge in [0.25, 0.3) is 0 Å². The quantitative estimate of drug-likeness (QED) is 0.898. The largest absolute Gasteiger partial charge is 0.338 e. The Kier molecular flexibility index (Phi) is 4.40. The third kappa shape index (κ3) is 3.17. The van der Waals surface area contributed by atoms with Crippen LogP contribution in [-0.4, -0.2) is 22.4 Å². The Hall–Kier alpha value is -2.30. The normalized spacial score (nSPS) is 10.3. The van der Waals surface area contributed by atoms with Crippen LogP contribution in [0.5, 0.6) is 0 Å². The molecule has 5 heteroatoms. The second-order valence-electron chi connectivity index (χ2n) is 4.74. The highest BCUT2D eigenvalue weighted by Crippen LogP contribution is 2.21. The van der Waals surface area contributed by atoms with Crippen LogP contribution < -0.4 is 10.6 Å². The maximum Gasteiger partial charge on any atom is 0.319 e. The van der Waals surface area contributed by atoms with Crippen molar-refractivity contribution < 1.29 is 4.79 Å².